The van der Waals surface area contributed by atoms with Crippen LogP contribution in [-0.2, 0) is 9.59 Å². The van der Waals surface area contributed by atoms with Crippen LogP contribution in [0.1, 0.15) is 53.9 Å². The summed E-state index contributed by atoms with van der Waals surface area (Å²) in [4.78, 5) is 24.5. The monoisotopic (exact) mass is 248 g/mol. The molecule has 0 radical (unpaired) electrons. The third kappa shape index (κ3) is 3.41. The highest BCUT2D eigenvalue weighted by molar-refractivity contribution is 6.23. The van der Waals surface area contributed by atoms with E-state index in [-0.39, 0.29) is 17.0 Å². The molecular formula is C16H24O2. The van der Waals surface area contributed by atoms with E-state index < -0.39 is 0 Å². The lowest BCUT2D eigenvalue weighted by atomic mass is 9.72. The molecule has 18 heavy (non-hydrogen) atoms. The Hall–Kier alpha value is -1.18. The molecule has 100 valence electrons. The largest absolute Gasteiger partial charge is 0.294 e. The van der Waals surface area contributed by atoms with Gasteiger partial charge in [-0.05, 0) is 30.3 Å². The minimum Gasteiger partial charge on any atom is -0.294 e. The predicted molar refractivity (Wildman–Crippen MR) is 74.3 cm³/mol. The summed E-state index contributed by atoms with van der Waals surface area (Å²) in [5.41, 5.74) is 1.95. The normalized spacial score (nSPS) is 19.3. The van der Waals surface area contributed by atoms with Gasteiger partial charge in [0.2, 0.25) is 0 Å². The van der Waals surface area contributed by atoms with Gasteiger partial charge in [-0.1, -0.05) is 39.8 Å². The Morgan fingerprint density at radius 1 is 1.22 bits per heavy atom. The first-order valence-corrected chi connectivity index (χ1v) is 6.59. The maximum atomic E-state index is 12.2. The predicted octanol–water partition coefficient (Wildman–Crippen LogP) is 3.86. The number of hydrogen-bond acceptors (Lipinski definition) is 2. The zero-order valence-corrected chi connectivity index (χ0v) is 12.2. The molecule has 0 heterocycles. The minimum absolute atomic E-state index is 0.00472. The second kappa shape index (κ2) is 5.21. The van der Waals surface area contributed by atoms with E-state index in [9.17, 15) is 9.59 Å². The molecule has 0 aromatic carbocycles. The van der Waals surface area contributed by atoms with Crippen molar-refractivity contribution in [1.29, 1.82) is 0 Å². The SMILES string of the molecule is C=C(C)C(CC(C)C)=C1C(=O)CC(C)(C)CC1=O. The second-order valence-corrected chi connectivity index (χ2v) is 6.60. The number of carbonyl (C=O) groups is 2. The Kier molecular flexibility index (Phi) is 4.31. The zero-order valence-electron chi connectivity index (χ0n) is 12.2. The number of allylic oxidation sites excluding steroid dienone is 3. The summed E-state index contributed by atoms with van der Waals surface area (Å²) < 4.78 is 0. The third-order valence-electron chi connectivity index (χ3n) is 3.27. The van der Waals surface area contributed by atoms with Crippen LogP contribution in [0.3, 0.4) is 0 Å². The molecule has 0 atom stereocenters. The van der Waals surface area contributed by atoms with E-state index in [4.69, 9.17) is 0 Å². The van der Waals surface area contributed by atoms with Crippen LogP contribution in [-0.4, -0.2) is 11.6 Å². The first-order valence-electron chi connectivity index (χ1n) is 6.59. The van der Waals surface area contributed by atoms with Crippen molar-refractivity contribution in [3.8, 4) is 0 Å². The molecule has 0 unspecified atom stereocenters. The Morgan fingerprint density at radius 3 is 2.00 bits per heavy atom. The summed E-state index contributed by atoms with van der Waals surface area (Å²) in [7, 11) is 0. The van der Waals surface area contributed by atoms with Gasteiger partial charge in [-0.3, -0.25) is 9.59 Å². The number of rotatable bonds is 3. The summed E-state index contributed by atoms with van der Waals surface area (Å²) in [5.74, 6) is 0.407. The van der Waals surface area contributed by atoms with Gasteiger partial charge in [-0.2, -0.15) is 0 Å². The molecule has 0 amide bonds. The molecule has 0 aliphatic heterocycles. The number of ketones is 2. The molecule has 2 heteroatoms. The molecular weight excluding hydrogens is 224 g/mol. The molecule has 0 aromatic heterocycles. The first kappa shape index (κ1) is 14.9. The van der Waals surface area contributed by atoms with E-state index in [1.165, 1.54) is 0 Å². The third-order valence-corrected chi connectivity index (χ3v) is 3.27. The average Bonchev–Trinajstić information content (AvgIpc) is 2.11. The van der Waals surface area contributed by atoms with Crippen LogP contribution in [0.5, 0.6) is 0 Å². The van der Waals surface area contributed by atoms with Gasteiger partial charge in [-0.25, -0.2) is 0 Å². The maximum Gasteiger partial charge on any atom is 0.167 e. The van der Waals surface area contributed by atoms with Crippen LogP contribution < -0.4 is 0 Å². The van der Waals surface area contributed by atoms with Gasteiger partial charge in [0.25, 0.3) is 0 Å². The molecule has 1 aliphatic rings. The highest BCUT2D eigenvalue weighted by Gasteiger charge is 2.37. The molecule has 1 aliphatic carbocycles. The van der Waals surface area contributed by atoms with Crippen molar-refractivity contribution in [2.75, 3.05) is 0 Å². The Balaban J connectivity index is 3.21. The van der Waals surface area contributed by atoms with Gasteiger partial charge >= 0.3 is 0 Å². The van der Waals surface area contributed by atoms with Crippen molar-refractivity contribution < 1.29 is 9.59 Å². The van der Waals surface area contributed by atoms with Crippen LogP contribution in [0.4, 0.5) is 0 Å². The lowest BCUT2D eigenvalue weighted by Crippen LogP contribution is -2.32. The van der Waals surface area contributed by atoms with Crippen molar-refractivity contribution in [2.24, 2.45) is 11.3 Å². The van der Waals surface area contributed by atoms with Gasteiger partial charge in [0, 0.05) is 12.8 Å². The molecule has 0 saturated heterocycles. The molecule has 0 bridgehead atoms. The second-order valence-electron chi connectivity index (χ2n) is 6.60. The summed E-state index contributed by atoms with van der Waals surface area (Å²) in [6.45, 7) is 13.9. The quantitative estimate of drug-likeness (QED) is 0.561. The fraction of sp³-hybridized carbons (Fsp3) is 0.625. The van der Waals surface area contributed by atoms with Gasteiger partial charge in [0.05, 0.1) is 5.57 Å². The van der Waals surface area contributed by atoms with Crippen molar-refractivity contribution in [2.45, 2.75) is 53.9 Å². The van der Waals surface area contributed by atoms with Crippen LogP contribution >= 0.6 is 0 Å². The van der Waals surface area contributed by atoms with Crippen molar-refractivity contribution in [1.82, 2.24) is 0 Å². The van der Waals surface area contributed by atoms with E-state index in [1.807, 2.05) is 20.8 Å². The van der Waals surface area contributed by atoms with Crippen LogP contribution in [0.2, 0.25) is 0 Å². The maximum absolute atomic E-state index is 12.2. The van der Waals surface area contributed by atoms with Gasteiger partial charge < -0.3 is 0 Å². The molecule has 2 nitrogen and oxygen atoms in total. The first-order chi connectivity index (χ1) is 8.14. The minimum atomic E-state index is -0.199. The van der Waals surface area contributed by atoms with Crippen LogP contribution in [0.25, 0.3) is 0 Å². The Morgan fingerprint density at radius 2 is 1.67 bits per heavy atom. The summed E-state index contributed by atoms with van der Waals surface area (Å²) >= 11 is 0. The van der Waals surface area contributed by atoms with Crippen molar-refractivity contribution in [3.63, 3.8) is 0 Å². The Labute approximate surface area is 110 Å². The van der Waals surface area contributed by atoms with Crippen LogP contribution in [0.15, 0.2) is 23.3 Å². The Bertz CT molecular complexity index is 400. The average molecular weight is 248 g/mol. The molecule has 0 N–H and O–H groups in total. The molecule has 1 rings (SSSR count). The highest BCUT2D eigenvalue weighted by Crippen LogP contribution is 2.36. The van der Waals surface area contributed by atoms with Gasteiger partial charge in [0.15, 0.2) is 11.6 Å². The molecule has 1 fully saturated rings. The van der Waals surface area contributed by atoms with Gasteiger partial charge in [-0.15, -0.1) is 0 Å². The smallest absolute Gasteiger partial charge is 0.167 e. The number of hydrogen-bond donors (Lipinski definition) is 0. The number of Topliss-reactive ketones (excluding diaryl/α,β-unsaturated/α-hetero) is 2. The standard InChI is InChI=1S/C16H24O2/c1-10(2)7-12(11(3)4)15-13(17)8-16(5,6)9-14(15)18/h10H,3,7-9H2,1-2,4-6H3. The van der Waals surface area contributed by atoms with Crippen LogP contribution in [0, 0.1) is 11.3 Å². The van der Waals surface area contributed by atoms with E-state index in [0.29, 0.717) is 24.3 Å². The molecule has 1 saturated carbocycles. The van der Waals surface area contributed by atoms with E-state index >= 15 is 0 Å². The lowest BCUT2D eigenvalue weighted by Gasteiger charge is -2.30. The van der Waals surface area contributed by atoms with E-state index in [0.717, 1.165) is 17.6 Å². The number of carbonyl (C=O) groups excluding carboxylic acids is 2. The molecule has 0 aromatic rings. The molecule has 0 spiro atoms. The van der Waals surface area contributed by atoms with Crippen molar-refractivity contribution >= 4 is 11.6 Å². The van der Waals surface area contributed by atoms with E-state index in [1.54, 1.807) is 0 Å². The zero-order chi connectivity index (χ0) is 14.1. The highest BCUT2D eigenvalue weighted by atomic mass is 16.1. The topological polar surface area (TPSA) is 34.1 Å². The summed E-state index contributed by atoms with van der Waals surface area (Å²) in [6, 6.07) is 0. The van der Waals surface area contributed by atoms with Crippen molar-refractivity contribution in [3.05, 3.63) is 23.3 Å². The fourth-order valence-electron chi connectivity index (χ4n) is 2.50. The van der Waals surface area contributed by atoms with E-state index in [2.05, 4.69) is 20.4 Å². The lowest BCUT2D eigenvalue weighted by molar-refractivity contribution is -0.127. The summed E-state index contributed by atoms with van der Waals surface area (Å²) in [5, 5.41) is 0. The van der Waals surface area contributed by atoms with Gasteiger partial charge in [0.1, 0.15) is 0 Å². The fourth-order valence-corrected chi connectivity index (χ4v) is 2.50. The summed E-state index contributed by atoms with van der Waals surface area (Å²) in [6.07, 6.45) is 1.68.